The molecule has 0 heterocycles. The van der Waals surface area contributed by atoms with E-state index in [0.29, 0.717) is 0 Å². The molecule has 0 aliphatic carbocycles. The number of amidine groups is 2. The summed E-state index contributed by atoms with van der Waals surface area (Å²) in [6, 6.07) is 20.7. The molecule has 0 unspecified atom stereocenters. The standard InChI is InChI=1S/2C13H23N2Si2.Cu/c2*1-16(2,3)14-13(15-17(4,5)6)12-10-8-7-9-11-12;/h2*7-11H,1-6H3;/q2*-1;+2. The largest absolute Gasteiger partial charge is 2.00 e. The van der Waals surface area contributed by atoms with Crippen molar-refractivity contribution in [2.24, 2.45) is 9.32 Å². The zero-order valence-corrected chi connectivity index (χ0v) is 28.8. The Morgan fingerprint density at radius 1 is 0.486 bits per heavy atom. The van der Waals surface area contributed by atoms with Gasteiger partial charge >= 0.3 is 17.1 Å². The molecule has 0 saturated heterocycles. The van der Waals surface area contributed by atoms with Gasteiger partial charge in [0.15, 0.2) is 0 Å². The Labute approximate surface area is 230 Å². The maximum Gasteiger partial charge on any atom is 2.00 e. The van der Waals surface area contributed by atoms with Gasteiger partial charge in [-0.25, -0.2) is 0 Å². The van der Waals surface area contributed by atoms with Gasteiger partial charge in [-0.15, -0.1) is 0 Å². The first-order chi connectivity index (χ1) is 15.3. The Morgan fingerprint density at radius 2 is 0.743 bits per heavy atom. The third kappa shape index (κ3) is 17.0. The Kier molecular flexibility index (Phi) is 13.4. The average molecular weight is 591 g/mol. The minimum absolute atomic E-state index is 0. The Morgan fingerprint density at radius 3 is 0.943 bits per heavy atom. The van der Waals surface area contributed by atoms with Crippen LogP contribution in [0.3, 0.4) is 0 Å². The molecule has 4 nitrogen and oxygen atoms in total. The van der Waals surface area contributed by atoms with Crippen LogP contribution in [-0.4, -0.2) is 44.6 Å². The molecule has 35 heavy (non-hydrogen) atoms. The van der Waals surface area contributed by atoms with Gasteiger partial charge in [0.25, 0.3) is 0 Å². The van der Waals surface area contributed by atoms with Crippen molar-refractivity contribution in [1.82, 2.24) is 0 Å². The fourth-order valence-corrected chi connectivity index (χ4v) is 6.21. The molecule has 0 saturated carbocycles. The van der Waals surface area contributed by atoms with E-state index in [2.05, 4.69) is 127 Å². The number of nitrogens with zero attached hydrogens (tertiary/aromatic N) is 4. The number of rotatable bonds is 6. The monoisotopic (exact) mass is 589 g/mol. The quantitative estimate of drug-likeness (QED) is 0.183. The minimum Gasteiger partial charge on any atom is -0.472 e. The van der Waals surface area contributed by atoms with Crippen LogP contribution >= 0.6 is 0 Å². The SMILES string of the molecule is C[Si](C)(C)/N=C(/[N-][Si](C)(C)C)c1ccccc1.C[Si](C)(C)/N=C(/[N-][Si](C)(C)C)c1ccccc1.[Cu+2]. The van der Waals surface area contributed by atoms with Gasteiger partial charge in [-0.1, -0.05) is 151 Å². The molecule has 197 valence electrons. The summed E-state index contributed by atoms with van der Waals surface area (Å²) in [6.07, 6.45) is 0. The van der Waals surface area contributed by atoms with Crippen LogP contribution in [0.1, 0.15) is 11.1 Å². The van der Waals surface area contributed by atoms with Crippen LogP contribution in [0.25, 0.3) is 9.96 Å². The molecule has 0 N–H and O–H groups in total. The van der Waals surface area contributed by atoms with Gasteiger partial charge in [0.05, 0.1) is 0 Å². The van der Waals surface area contributed by atoms with Crippen LogP contribution < -0.4 is 0 Å². The van der Waals surface area contributed by atoms with Crippen LogP contribution in [-0.2, 0) is 17.1 Å². The fraction of sp³-hybridized carbons (Fsp3) is 0.462. The summed E-state index contributed by atoms with van der Waals surface area (Å²) < 4.78 is 9.78. The van der Waals surface area contributed by atoms with E-state index in [1.165, 1.54) is 0 Å². The third-order valence-corrected chi connectivity index (χ3v) is 7.36. The van der Waals surface area contributed by atoms with E-state index >= 15 is 0 Å². The molecule has 0 fully saturated rings. The van der Waals surface area contributed by atoms with Crippen molar-refractivity contribution in [1.29, 1.82) is 0 Å². The predicted molar refractivity (Wildman–Crippen MR) is 166 cm³/mol. The number of benzene rings is 2. The van der Waals surface area contributed by atoms with E-state index in [1.54, 1.807) is 0 Å². The van der Waals surface area contributed by atoms with Gasteiger partial charge in [-0.2, -0.15) is 0 Å². The Bertz CT molecular complexity index is 858. The normalized spacial score (nSPS) is 13.3. The van der Waals surface area contributed by atoms with Gasteiger partial charge < -0.3 is 19.3 Å². The van der Waals surface area contributed by atoms with Crippen molar-refractivity contribution >= 4 is 44.6 Å². The minimum atomic E-state index is -1.49. The number of hydrogen-bond donors (Lipinski definition) is 0. The zero-order valence-electron chi connectivity index (χ0n) is 23.9. The van der Waals surface area contributed by atoms with Gasteiger partial charge in [-0.05, 0) is 11.1 Å². The fourth-order valence-electron chi connectivity index (χ4n) is 2.75. The molecule has 0 amide bonds. The van der Waals surface area contributed by atoms with Gasteiger partial charge in [-0.3, -0.25) is 0 Å². The molecular weight excluding hydrogens is 544 g/mol. The zero-order chi connectivity index (χ0) is 26.2. The maximum atomic E-state index is 4.89. The summed E-state index contributed by atoms with van der Waals surface area (Å²) >= 11 is 0. The molecule has 2 rings (SSSR count). The second-order valence-electron chi connectivity index (χ2n) is 12.5. The van der Waals surface area contributed by atoms with E-state index in [0.717, 1.165) is 22.8 Å². The van der Waals surface area contributed by atoms with Gasteiger partial charge in [0.2, 0.25) is 0 Å². The second-order valence-corrected chi connectivity index (χ2v) is 30.8. The predicted octanol–water partition coefficient (Wildman–Crippen LogP) is 8.95. The van der Waals surface area contributed by atoms with Crippen molar-refractivity contribution in [3.8, 4) is 0 Å². The van der Waals surface area contributed by atoms with Crippen molar-refractivity contribution in [2.45, 2.75) is 78.6 Å². The van der Waals surface area contributed by atoms with Gasteiger partial charge in [0.1, 0.15) is 0 Å². The van der Waals surface area contributed by atoms with Crippen LogP contribution in [0.2, 0.25) is 78.6 Å². The van der Waals surface area contributed by atoms with Crippen molar-refractivity contribution in [2.75, 3.05) is 0 Å². The first-order valence-electron chi connectivity index (χ1n) is 12.1. The molecule has 2 aromatic carbocycles. The van der Waals surface area contributed by atoms with E-state index in [1.807, 2.05) is 12.1 Å². The van der Waals surface area contributed by atoms with E-state index in [9.17, 15) is 0 Å². The maximum absolute atomic E-state index is 4.89. The smallest absolute Gasteiger partial charge is 0.472 e. The molecule has 1 radical (unpaired) electrons. The van der Waals surface area contributed by atoms with Crippen LogP contribution in [0.4, 0.5) is 0 Å². The van der Waals surface area contributed by atoms with E-state index < -0.39 is 32.9 Å². The van der Waals surface area contributed by atoms with E-state index in [4.69, 9.17) is 19.3 Å². The van der Waals surface area contributed by atoms with Crippen molar-refractivity contribution in [3.05, 3.63) is 81.8 Å². The summed E-state index contributed by atoms with van der Waals surface area (Å²) in [5.74, 6) is 1.92. The molecule has 9 heteroatoms. The summed E-state index contributed by atoms with van der Waals surface area (Å²) in [5, 5.41) is 0. The van der Waals surface area contributed by atoms with Crippen molar-refractivity contribution in [3.63, 3.8) is 0 Å². The van der Waals surface area contributed by atoms with Gasteiger partial charge in [0, 0.05) is 32.9 Å². The summed E-state index contributed by atoms with van der Waals surface area (Å²) in [6.45, 7) is 26.9. The third-order valence-electron chi connectivity index (χ3n) is 3.83. The molecular formula is C26H46CuN4Si4. The first-order valence-corrected chi connectivity index (χ1v) is 25.9. The summed E-state index contributed by atoms with van der Waals surface area (Å²) in [5.41, 5.74) is 2.30. The number of hydrogen-bond acceptors (Lipinski definition) is 2. The average Bonchev–Trinajstić information content (AvgIpc) is 2.64. The first kappa shape index (κ1) is 33.8. The second kappa shape index (κ2) is 13.9. The van der Waals surface area contributed by atoms with Crippen LogP contribution in [0, 0.1) is 0 Å². The molecule has 0 aromatic heterocycles. The molecule has 0 aliphatic rings. The molecule has 0 aliphatic heterocycles. The molecule has 0 bridgehead atoms. The van der Waals surface area contributed by atoms with Crippen LogP contribution in [0.15, 0.2) is 70.0 Å². The molecule has 0 spiro atoms. The molecule has 2 aromatic rings. The van der Waals surface area contributed by atoms with Crippen LogP contribution in [0.5, 0.6) is 0 Å². The Hall–Kier alpha value is -1.23. The Balaban J connectivity index is 0.000000642. The van der Waals surface area contributed by atoms with E-state index in [-0.39, 0.29) is 17.1 Å². The summed E-state index contributed by atoms with van der Waals surface area (Å²) in [4.78, 5) is 9.78. The summed E-state index contributed by atoms with van der Waals surface area (Å²) in [7, 11) is -5.95. The topological polar surface area (TPSA) is 52.9 Å². The van der Waals surface area contributed by atoms with Crippen molar-refractivity contribution < 1.29 is 17.1 Å². The molecule has 0 atom stereocenters.